The van der Waals surface area contributed by atoms with Gasteiger partial charge in [0.2, 0.25) is 5.91 Å². The maximum atomic E-state index is 12.4. The molecule has 0 saturated carbocycles. The molecule has 3 rings (SSSR count). The van der Waals surface area contributed by atoms with Crippen LogP contribution in [0.25, 0.3) is 10.2 Å². The van der Waals surface area contributed by atoms with E-state index in [9.17, 15) is 4.79 Å². The number of hydrogen-bond donors (Lipinski definition) is 1. The smallest absolute Gasteiger partial charge is 0.234 e. The van der Waals surface area contributed by atoms with Gasteiger partial charge in [0.05, 0.1) is 16.0 Å². The van der Waals surface area contributed by atoms with E-state index < -0.39 is 0 Å². The Morgan fingerprint density at radius 1 is 1.31 bits per heavy atom. The SMILES string of the molecule is C=CCSc1nc2ccc(NC(=O)CSc3nnc(COC)n3CC=C)cc2s1. The van der Waals surface area contributed by atoms with Crippen LogP contribution in [-0.4, -0.2) is 44.3 Å². The van der Waals surface area contributed by atoms with Crippen molar-refractivity contribution >= 4 is 56.7 Å². The number of allylic oxidation sites excluding steroid dienone is 1. The van der Waals surface area contributed by atoms with E-state index in [0.29, 0.717) is 24.1 Å². The van der Waals surface area contributed by atoms with E-state index in [4.69, 9.17) is 4.74 Å². The van der Waals surface area contributed by atoms with E-state index in [-0.39, 0.29) is 11.7 Å². The molecule has 2 heterocycles. The number of nitrogens with one attached hydrogen (secondary N) is 1. The maximum Gasteiger partial charge on any atom is 0.234 e. The minimum Gasteiger partial charge on any atom is -0.377 e. The van der Waals surface area contributed by atoms with E-state index in [1.165, 1.54) is 11.8 Å². The molecule has 0 aliphatic carbocycles. The predicted molar refractivity (Wildman–Crippen MR) is 121 cm³/mol. The Kier molecular flexibility index (Phi) is 7.87. The topological polar surface area (TPSA) is 81.9 Å². The van der Waals surface area contributed by atoms with Gasteiger partial charge in [-0.25, -0.2) is 4.98 Å². The number of methoxy groups -OCH3 is 1. The van der Waals surface area contributed by atoms with Crippen molar-refractivity contribution in [2.45, 2.75) is 22.6 Å². The second-order valence-corrected chi connectivity index (χ2v) is 9.07. The molecular weight excluding hydrogens is 426 g/mol. The Labute approximate surface area is 181 Å². The molecule has 0 saturated heterocycles. The first-order valence-corrected chi connectivity index (χ1v) is 11.5. The number of thiazole rings is 1. The van der Waals surface area contributed by atoms with Gasteiger partial charge >= 0.3 is 0 Å². The normalized spacial score (nSPS) is 10.9. The molecule has 0 radical (unpaired) electrons. The monoisotopic (exact) mass is 447 g/mol. The number of benzene rings is 1. The van der Waals surface area contributed by atoms with Crippen LogP contribution in [0.1, 0.15) is 5.82 Å². The molecule has 29 heavy (non-hydrogen) atoms. The molecule has 0 fully saturated rings. The summed E-state index contributed by atoms with van der Waals surface area (Å²) in [6.07, 6.45) is 3.62. The molecule has 3 aromatic rings. The van der Waals surface area contributed by atoms with Crippen molar-refractivity contribution in [3.8, 4) is 0 Å². The first-order valence-electron chi connectivity index (χ1n) is 8.73. The van der Waals surface area contributed by atoms with Crippen LogP contribution in [0, 0.1) is 0 Å². The van der Waals surface area contributed by atoms with Crippen molar-refractivity contribution < 1.29 is 9.53 Å². The number of nitrogens with zero attached hydrogens (tertiary/aromatic N) is 4. The van der Waals surface area contributed by atoms with E-state index in [1.807, 2.05) is 28.8 Å². The molecule has 0 aliphatic rings. The van der Waals surface area contributed by atoms with Crippen LogP contribution in [0.3, 0.4) is 0 Å². The average Bonchev–Trinajstić information content (AvgIpc) is 3.29. The first-order chi connectivity index (χ1) is 14.1. The minimum atomic E-state index is -0.110. The van der Waals surface area contributed by atoms with Crippen molar-refractivity contribution in [2.24, 2.45) is 0 Å². The number of rotatable bonds is 11. The Morgan fingerprint density at radius 2 is 2.17 bits per heavy atom. The van der Waals surface area contributed by atoms with Gasteiger partial charge in [0.1, 0.15) is 6.61 Å². The largest absolute Gasteiger partial charge is 0.377 e. The number of carbonyl (C=O) groups excluding carboxylic acids is 1. The van der Waals surface area contributed by atoms with Gasteiger partial charge in [-0.1, -0.05) is 35.7 Å². The highest BCUT2D eigenvalue weighted by Crippen LogP contribution is 2.31. The lowest BCUT2D eigenvalue weighted by Crippen LogP contribution is -2.14. The van der Waals surface area contributed by atoms with Gasteiger partial charge in [0.15, 0.2) is 15.3 Å². The summed E-state index contributed by atoms with van der Waals surface area (Å²) >= 11 is 4.59. The second-order valence-electron chi connectivity index (χ2n) is 5.83. The molecule has 152 valence electrons. The van der Waals surface area contributed by atoms with Gasteiger partial charge < -0.3 is 14.6 Å². The minimum absolute atomic E-state index is 0.110. The third-order valence-corrected chi connectivity index (χ3v) is 6.81. The molecule has 10 heteroatoms. The maximum absolute atomic E-state index is 12.4. The molecule has 0 atom stereocenters. The van der Waals surface area contributed by atoms with Crippen LogP contribution >= 0.6 is 34.9 Å². The Morgan fingerprint density at radius 3 is 2.93 bits per heavy atom. The van der Waals surface area contributed by atoms with Gasteiger partial charge in [-0.05, 0) is 18.2 Å². The lowest BCUT2D eigenvalue weighted by molar-refractivity contribution is -0.113. The molecule has 0 bridgehead atoms. The number of hydrogen-bond acceptors (Lipinski definition) is 8. The Balaban J connectivity index is 1.62. The van der Waals surface area contributed by atoms with Gasteiger partial charge in [0, 0.05) is 25.1 Å². The summed E-state index contributed by atoms with van der Waals surface area (Å²) in [4.78, 5) is 17.0. The van der Waals surface area contributed by atoms with E-state index in [0.717, 1.165) is 26.0 Å². The molecule has 1 amide bonds. The quantitative estimate of drug-likeness (QED) is 0.348. The first kappa shape index (κ1) is 21.6. The van der Waals surface area contributed by atoms with Crippen molar-refractivity contribution in [3.05, 3.63) is 49.3 Å². The highest BCUT2D eigenvalue weighted by Gasteiger charge is 2.14. The second kappa shape index (κ2) is 10.6. The van der Waals surface area contributed by atoms with Crippen LogP contribution in [0.4, 0.5) is 5.69 Å². The number of anilines is 1. The van der Waals surface area contributed by atoms with Crippen molar-refractivity contribution in [1.29, 1.82) is 0 Å². The zero-order valence-corrected chi connectivity index (χ0v) is 18.4. The summed E-state index contributed by atoms with van der Waals surface area (Å²) < 4.78 is 9.06. The summed E-state index contributed by atoms with van der Waals surface area (Å²) in [6, 6.07) is 5.73. The summed E-state index contributed by atoms with van der Waals surface area (Å²) in [5.41, 5.74) is 1.68. The Bertz CT molecular complexity index is 1010. The average molecular weight is 448 g/mol. The lowest BCUT2D eigenvalue weighted by Gasteiger charge is -2.07. The molecule has 0 aliphatic heterocycles. The van der Waals surface area contributed by atoms with Crippen molar-refractivity contribution in [3.63, 3.8) is 0 Å². The van der Waals surface area contributed by atoms with Crippen LogP contribution in [0.15, 0.2) is 53.0 Å². The Hall–Kier alpha value is -2.14. The number of fused-ring (bicyclic) bond motifs is 1. The molecule has 2 aromatic heterocycles. The molecule has 0 unspecified atom stereocenters. The van der Waals surface area contributed by atoms with Gasteiger partial charge in [-0.3, -0.25) is 4.79 Å². The molecule has 0 spiro atoms. The van der Waals surface area contributed by atoms with Gasteiger partial charge in [-0.2, -0.15) is 0 Å². The van der Waals surface area contributed by atoms with E-state index in [2.05, 4.69) is 33.7 Å². The summed E-state index contributed by atoms with van der Waals surface area (Å²) in [5, 5.41) is 11.9. The summed E-state index contributed by atoms with van der Waals surface area (Å²) in [5.74, 6) is 1.64. The third-order valence-electron chi connectivity index (χ3n) is 3.69. The molecular formula is C19H21N5O2S3. The van der Waals surface area contributed by atoms with Crippen LogP contribution < -0.4 is 5.32 Å². The zero-order chi connectivity index (χ0) is 20.6. The molecule has 7 nitrogen and oxygen atoms in total. The fourth-order valence-electron chi connectivity index (χ4n) is 2.47. The summed E-state index contributed by atoms with van der Waals surface area (Å²) in [6.45, 7) is 8.40. The van der Waals surface area contributed by atoms with Crippen LogP contribution in [-0.2, 0) is 22.7 Å². The van der Waals surface area contributed by atoms with Gasteiger partial charge in [-0.15, -0.1) is 34.7 Å². The van der Waals surface area contributed by atoms with E-state index >= 15 is 0 Å². The van der Waals surface area contributed by atoms with Crippen molar-refractivity contribution in [2.75, 3.05) is 23.9 Å². The van der Waals surface area contributed by atoms with Crippen molar-refractivity contribution in [1.82, 2.24) is 19.7 Å². The number of ether oxygens (including phenoxy) is 1. The zero-order valence-electron chi connectivity index (χ0n) is 16.0. The highest BCUT2D eigenvalue weighted by atomic mass is 32.2. The van der Waals surface area contributed by atoms with Gasteiger partial charge in [0.25, 0.3) is 0 Å². The number of thioether (sulfide) groups is 2. The standard InChI is InChI=1S/C19H21N5O2S3/c1-4-8-24-16(11-26-3)22-23-18(24)28-12-17(25)20-13-6-7-14-15(10-13)29-19(21-14)27-9-5-2/h4-7,10H,1-2,8-9,11-12H2,3H3,(H,20,25). The number of aromatic nitrogens is 4. The third kappa shape index (κ3) is 5.69. The fourth-order valence-corrected chi connectivity index (χ4v) is 5.11. The number of amides is 1. The number of carbonyl (C=O) groups is 1. The summed E-state index contributed by atoms with van der Waals surface area (Å²) in [7, 11) is 1.61. The van der Waals surface area contributed by atoms with Crippen LogP contribution in [0.5, 0.6) is 0 Å². The lowest BCUT2D eigenvalue weighted by atomic mass is 10.3. The molecule has 1 N–H and O–H groups in total. The molecule has 1 aromatic carbocycles. The predicted octanol–water partition coefficient (Wildman–Crippen LogP) is 4.23. The highest BCUT2D eigenvalue weighted by molar-refractivity contribution is 8.01. The van der Waals surface area contributed by atoms with Crippen LogP contribution in [0.2, 0.25) is 0 Å². The van der Waals surface area contributed by atoms with E-state index in [1.54, 1.807) is 36.3 Å². The fraction of sp³-hybridized carbons (Fsp3) is 0.263.